The van der Waals surface area contributed by atoms with E-state index in [4.69, 9.17) is 9.52 Å². The molecule has 0 saturated carbocycles. The van der Waals surface area contributed by atoms with Crippen LogP contribution in [0.5, 0.6) is 0 Å². The molecule has 17 heavy (non-hydrogen) atoms. The zero-order valence-corrected chi connectivity index (χ0v) is 8.30. The van der Waals surface area contributed by atoms with E-state index in [0.29, 0.717) is 0 Å². The minimum atomic E-state index is -2.75. The molecule has 1 aromatic heterocycles. The summed E-state index contributed by atoms with van der Waals surface area (Å²) in [6, 6.07) is 3.87. The molecule has 0 aliphatic heterocycles. The second-order valence-electron chi connectivity index (χ2n) is 3.29. The largest absolute Gasteiger partial charge is 0.479 e. The summed E-state index contributed by atoms with van der Waals surface area (Å²) in [5.74, 6) is -2.07. The van der Waals surface area contributed by atoms with E-state index in [1.807, 2.05) is 0 Å². The molecule has 0 amide bonds. The highest BCUT2D eigenvalue weighted by atomic mass is 19.3. The number of aliphatic hydroxyl groups excluding tert-OH is 1. The minimum absolute atomic E-state index is 0.0121. The number of benzene rings is 1. The third-order valence-corrected chi connectivity index (χ3v) is 2.17. The van der Waals surface area contributed by atoms with Crippen molar-refractivity contribution in [2.24, 2.45) is 0 Å². The minimum Gasteiger partial charge on any atom is -0.479 e. The average molecular weight is 243 g/mol. The molecule has 2 aromatic rings. The van der Waals surface area contributed by atoms with E-state index in [0.717, 1.165) is 6.07 Å². The molecule has 1 heterocycles. The van der Waals surface area contributed by atoms with Gasteiger partial charge in [0.15, 0.2) is 5.58 Å². The van der Waals surface area contributed by atoms with Gasteiger partial charge in [-0.05, 0) is 6.07 Å². The van der Waals surface area contributed by atoms with E-state index in [9.17, 15) is 18.7 Å². The molecule has 0 bridgehead atoms. The van der Waals surface area contributed by atoms with Crippen molar-refractivity contribution in [3.8, 4) is 0 Å². The molecule has 5 nitrogen and oxygen atoms in total. The van der Waals surface area contributed by atoms with Gasteiger partial charge in [0, 0.05) is 5.56 Å². The Kier molecular flexibility index (Phi) is 2.76. The summed E-state index contributed by atoms with van der Waals surface area (Å²) in [5, 5.41) is 17.7. The first-order chi connectivity index (χ1) is 8.00. The number of carbonyl (C=O) groups is 1. The van der Waals surface area contributed by atoms with Crippen LogP contribution in [-0.4, -0.2) is 21.2 Å². The molecular weight excluding hydrogens is 236 g/mol. The van der Waals surface area contributed by atoms with E-state index in [2.05, 4.69) is 4.98 Å². The summed E-state index contributed by atoms with van der Waals surface area (Å²) < 4.78 is 30.1. The van der Waals surface area contributed by atoms with Crippen molar-refractivity contribution in [2.75, 3.05) is 0 Å². The van der Waals surface area contributed by atoms with Crippen molar-refractivity contribution >= 4 is 17.1 Å². The normalized spacial score (nSPS) is 13.2. The molecular formula is C10H7F2NO4. The van der Waals surface area contributed by atoms with Gasteiger partial charge < -0.3 is 14.6 Å². The van der Waals surface area contributed by atoms with Crippen LogP contribution >= 0.6 is 0 Å². The number of carboxylic acids is 1. The summed E-state index contributed by atoms with van der Waals surface area (Å²) in [5.41, 5.74) is -0.494. The maximum Gasteiger partial charge on any atom is 0.342 e. The number of hydrogen-bond acceptors (Lipinski definition) is 4. The van der Waals surface area contributed by atoms with Crippen LogP contribution in [0.25, 0.3) is 11.1 Å². The van der Waals surface area contributed by atoms with Gasteiger partial charge in [-0.25, -0.2) is 18.6 Å². The first-order valence-electron chi connectivity index (χ1n) is 4.59. The van der Waals surface area contributed by atoms with Crippen molar-refractivity contribution < 1.29 is 28.2 Å². The summed E-state index contributed by atoms with van der Waals surface area (Å²) >= 11 is 0. The Morgan fingerprint density at radius 3 is 2.71 bits per heavy atom. The van der Waals surface area contributed by atoms with E-state index < -0.39 is 24.4 Å². The number of aliphatic carboxylic acids is 1. The Morgan fingerprint density at radius 1 is 1.41 bits per heavy atom. The molecule has 2 rings (SSSR count). The van der Waals surface area contributed by atoms with Crippen molar-refractivity contribution in [3.05, 3.63) is 29.7 Å². The summed E-state index contributed by atoms with van der Waals surface area (Å²) in [6.45, 7) is 0. The van der Waals surface area contributed by atoms with Gasteiger partial charge in [0.1, 0.15) is 5.52 Å². The van der Waals surface area contributed by atoms with Crippen LogP contribution in [0.4, 0.5) is 8.78 Å². The van der Waals surface area contributed by atoms with Crippen molar-refractivity contribution in [1.29, 1.82) is 0 Å². The van der Waals surface area contributed by atoms with Crippen LogP contribution in [0.2, 0.25) is 0 Å². The Labute approximate surface area is 93.3 Å². The van der Waals surface area contributed by atoms with Crippen molar-refractivity contribution in [2.45, 2.75) is 12.5 Å². The van der Waals surface area contributed by atoms with Gasteiger partial charge in [-0.1, -0.05) is 12.1 Å². The lowest BCUT2D eigenvalue weighted by Crippen LogP contribution is -2.10. The molecule has 0 saturated heterocycles. The van der Waals surface area contributed by atoms with E-state index in [1.165, 1.54) is 12.1 Å². The number of oxazole rings is 1. The number of fused-ring (bicyclic) bond motifs is 1. The Balaban J connectivity index is 2.57. The Morgan fingerprint density at radius 2 is 2.12 bits per heavy atom. The Hall–Kier alpha value is -2.02. The fourth-order valence-corrected chi connectivity index (χ4v) is 1.39. The highest BCUT2D eigenvalue weighted by Gasteiger charge is 2.24. The number of aromatic nitrogens is 1. The first kappa shape index (κ1) is 11.5. The monoisotopic (exact) mass is 243 g/mol. The van der Waals surface area contributed by atoms with Crippen LogP contribution in [-0.2, 0) is 4.79 Å². The highest BCUT2D eigenvalue weighted by molar-refractivity contribution is 5.79. The van der Waals surface area contributed by atoms with Gasteiger partial charge in [0.2, 0.25) is 12.0 Å². The molecule has 90 valence electrons. The molecule has 1 aromatic carbocycles. The molecule has 0 aliphatic rings. The smallest absolute Gasteiger partial charge is 0.342 e. The molecule has 0 fully saturated rings. The number of halogens is 2. The Bertz CT molecular complexity index is 566. The quantitative estimate of drug-likeness (QED) is 0.859. The van der Waals surface area contributed by atoms with Gasteiger partial charge in [-0.2, -0.15) is 0 Å². The third kappa shape index (κ3) is 1.96. The molecule has 0 aliphatic carbocycles. The summed E-state index contributed by atoms with van der Waals surface area (Å²) in [7, 11) is 0. The molecule has 1 atom stereocenters. The first-order valence-corrected chi connectivity index (χ1v) is 4.59. The second-order valence-corrected chi connectivity index (χ2v) is 3.29. The molecule has 1 unspecified atom stereocenters. The molecule has 2 N–H and O–H groups in total. The third-order valence-electron chi connectivity index (χ3n) is 2.17. The average Bonchev–Trinajstić information content (AvgIpc) is 2.70. The van der Waals surface area contributed by atoms with Crippen LogP contribution < -0.4 is 0 Å². The summed E-state index contributed by atoms with van der Waals surface area (Å²) in [4.78, 5) is 14.1. The summed E-state index contributed by atoms with van der Waals surface area (Å²) in [6.07, 6.45) is -4.72. The van der Waals surface area contributed by atoms with E-state index in [-0.39, 0.29) is 16.7 Å². The van der Waals surface area contributed by atoms with Gasteiger partial charge in [0.05, 0.1) is 0 Å². The zero-order chi connectivity index (χ0) is 12.6. The lowest BCUT2D eigenvalue weighted by Gasteiger charge is -1.97. The number of hydrogen-bond donors (Lipinski definition) is 2. The van der Waals surface area contributed by atoms with Crippen LogP contribution in [0, 0.1) is 0 Å². The fraction of sp³-hybridized carbons (Fsp3) is 0.200. The van der Waals surface area contributed by atoms with Crippen molar-refractivity contribution in [1.82, 2.24) is 4.98 Å². The van der Waals surface area contributed by atoms with Gasteiger partial charge in [-0.3, -0.25) is 0 Å². The van der Waals surface area contributed by atoms with Crippen LogP contribution in [0.1, 0.15) is 24.0 Å². The lowest BCUT2D eigenvalue weighted by atomic mass is 10.2. The van der Waals surface area contributed by atoms with E-state index >= 15 is 0 Å². The maximum absolute atomic E-state index is 12.6. The standard InChI is InChI=1S/C10H7F2NO4/c11-8(12)4-2-1-3-5-6(4)13-9(17-5)7(14)10(15)16/h1-3,7-8,14H,(H,15,16). The number of nitrogens with zero attached hydrogens (tertiary/aromatic N) is 1. The number of carboxylic acid groups (broad SMARTS) is 1. The highest BCUT2D eigenvalue weighted by Crippen LogP contribution is 2.29. The molecule has 0 radical (unpaired) electrons. The maximum atomic E-state index is 12.6. The predicted molar refractivity (Wildman–Crippen MR) is 51.6 cm³/mol. The predicted octanol–water partition coefficient (Wildman–Crippen LogP) is 1.88. The SMILES string of the molecule is O=C(O)C(O)c1nc2c(C(F)F)cccc2o1. The van der Waals surface area contributed by atoms with Crippen LogP contribution in [0.15, 0.2) is 22.6 Å². The second kappa shape index (κ2) is 4.10. The van der Waals surface area contributed by atoms with E-state index in [1.54, 1.807) is 0 Å². The van der Waals surface area contributed by atoms with Gasteiger partial charge in [0.25, 0.3) is 6.43 Å². The lowest BCUT2D eigenvalue weighted by molar-refractivity contribution is -0.148. The zero-order valence-electron chi connectivity index (χ0n) is 8.30. The number of aliphatic hydroxyl groups is 1. The fourth-order valence-electron chi connectivity index (χ4n) is 1.39. The number of para-hydroxylation sites is 1. The van der Waals surface area contributed by atoms with Crippen molar-refractivity contribution in [3.63, 3.8) is 0 Å². The topological polar surface area (TPSA) is 83.6 Å². The number of rotatable bonds is 3. The van der Waals surface area contributed by atoms with Gasteiger partial charge in [-0.15, -0.1) is 0 Å². The number of alkyl halides is 2. The van der Waals surface area contributed by atoms with Gasteiger partial charge >= 0.3 is 5.97 Å². The molecule has 0 spiro atoms. The molecule has 7 heteroatoms. The van der Waals surface area contributed by atoms with Crippen LogP contribution in [0.3, 0.4) is 0 Å².